The Morgan fingerprint density at radius 2 is 1.42 bits per heavy atom. The number of carbonyl (C=O) groups is 1. The lowest BCUT2D eigenvalue weighted by Crippen LogP contribution is -2.30. The van der Waals surface area contributed by atoms with Crippen LogP contribution in [0.5, 0.6) is 5.75 Å². The molecule has 0 saturated heterocycles. The van der Waals surface area contributed by atoms with Gasteiger partial charge in [-0.25, -0.2) is 0 Å². The molecule has 0 aliphatic heterocycles. The minimum Gasteiger partial charge on any atom is -0.481 e. The van der Waals surface area contributed by atoms with Gasteiger partial charge >= 0.3 is 0 Å². The first-order chi connectivity index (χ1) is 13.9. The molecule has 0 radical (unpaired) electrons. The predicted molar refractivity (Wildman–Crippen MR) is 135 cm³/mol. The van der Waals surface area contributed by atoms with Crippen molar-refractivity contribution in [2.45, 2.75) is 125 Å². The Hall–Kier alpha value is -1.02. The van der Waals surface area contributed by atoms with Gasteiger partial charge in [0.05, 0.1) is 0 Å². The largest absolute Gasteiger partial charge is 0.481 e. The average molecular weight is 451 g/mol. The van der Waals surface area contributed by atoms with Gasteiger partial charge in [-0.1, -0.05) is 94.7 Å². The van der Waals surface area contributed by atoms with Gasteiger partial charge in [0.15, 0.2) is 6.10 Å². The summed E-state index contributed by atoms with van der Waals surface area (Å²) in [7, 11) is 0. The fourth-order valence-electron chi connectivity index (χ4n) is 5.19. The van der Waals surface area contributed by atoms with E-state index in [9.17, 15) is 4.79 Å². The Balaban J connectivity index is 3.51. The summed E-state index contributed by atoms with van der Waals surface area (Å²) in [5.74, 6) is 0.791. The lowest BCUT2D eigenvalue weighted by molar-refractivity contribution is -0.118. The lowest BCUT2D eigenvalue weighted by Gasteiger charge is -2.37. The Morgan fingerprint density at radius 3 is 1.87 bits per heavy atom. The van der Waals surface area contributed by atoms with Crippen molar-refractivity contribution < 1.29 is 9.53 Å². The summed E-state index contributed by atoms with van der Waals surface area (Å²) in [4.78, 5) is 12.1. The molecule has 0 bridgehead atoms. The van der Waals surface area contributed by atoms with Crippen LogP contribution in [0.4, 0.5) is 0 Å². The molecule has 0 saturated carbocycles. The van der Waals surface area contributed by atoms with Crippen LogP contribution in [-0.2, 0) is 15.6 Å². The van der Waals surface area contributed by atoms with Gasteiger partial charge < -0.3 is 4.74 Å². The number of ether oxygens (including phenoxy) is 1. The third-order valence-electron chi connectivity index (χ3n) is 5.78. The van der Waals surface area contributed by atoms with Crippen LogP contribution in [0.15, 0.2) is 18.2 Å². The maximum Gasteiger partial charge on any atom is 0.262 e. The van der Waals surface area contributed by atoms with Crippen LogP contribution >= 0.6 is 11.6 Å². The molecule has 0 aromatic heterocycles. The van der Waals surface area contributed by atoms with E-state index in [2.05, 4.69) is 94.4 Å². The molecule has 178 valence electrons. The molecule has 1 unspecified atom stereocenters. The van der Waals surface area contributed by atoms with Crippen LogP contribution in [0, 0.1) is 10.8 Å². The molecule has 0 aliphatic carbocycles. The number of rotatable bonds is 10. The molecule has 2 nitrogen and oxygen atoms in total. The normalized spacial score (nSPS) is 14.5. The van der Waals surface area contributed by atoms with Crippen LogP contribution in [-0.4, -0.2) is 11.3 Å². The van der Waals surface area contributed by atoms with E-state index in [4.69, 9.17) is 16.3 Å². The highest BCUT2D eigenvalue weighted by Crippen LogP contribution is 2.44. The Kier molecular flexibility index (Phi) is 9.29. The highest BCUT2D eigenvalue weighted by atomic mass is 35.5. The monoisotopic (exact) mass is 450 g/mol. The molecule has 1 aromatic rings. The van der Waals surface area contributed by atoms with Gasteiger partial charge in [0, 0.05) is 5.56 Å². The lowest BCUT2D eigenvalue weighted by atomic mass is 9.68. The molecule has 31 heavy (non-hydrogen) atoms. The highest BCUT2D eigenvalue weighted by molar-refractivity contribution is 6.64. The minimum absolute atomic E-state index is 0.0350. The van der Waals surface area contributed by atoms with Gasteiger partial charge in [-0.2, -0.15) is 0 Å². The van der Waals surface area contributed by atoms with E-state index in [1.165, 1.54) is 11.1 Å². The van der Waals surface area contributed by atoms with Gasteiger partial charge in [-0.15, -0.1) is 0 Å². The second-order valence-electron chi connectivity index (χ2n) is 13.0. The number of hydrogen-bond donors (Lipinski definition) is 0. The topological polar surface area (TPSA) is 26.3 Å². The van der Waals surface area contributed by atoms with Gasteiger partial charge in [-0.05, 0) is 70.6 Å². The van der Waals surface area contributed by atoms with E-state index >= 15 is 0 Å². The Bertz CT molecular complexity index is 732. The van der Waals surface area contributed by atoms with E-state index < -0.39 is 11.3 Å². The molecule has 0 aliphatic rings. The summed E-state index contributed by atoms with van der Waals surface area (Å²) in [6.45, 7) is 25.0. The summed E-state index contributed by atoms with van der Waals surface area (Å²) < 4.78 is 6.30. The zero-order valence-electron chi connectivity index (χ0n) is 22.0. The molecular formula is C28H47ClO2. The number of carbonyl (C=O) groups excluding carboxylic acids is 1. The van der Waals surface area contributed by atoms with E-state index in [1.807, 2.05) is 0 Å². The third-order valence-corrected chi connectivity index (χ3v) is 6.02. The zero-order chi connectivity index (χ0) is 24.3. The van der Waals surface area contributed by atoms with Crippen molar-refractivity contribution in [1.29, 1.82) is 0 Å². The Morgan fingerprint density at radius 1 is 0.903 bits per heavy atom. The number of halogens is 1. The molecule has 1 rings (SSSR count). The van der Waals surface area contributed by atoms with Crippen molar-refractivity contribution in [3.8, 4) is 5.75 Å². The first kappa shape index (κ1) is 28.0. The summed E-state index contributed by atoms with van der Waals surface area (Å²) in [6.07, 6.45) is 4.06. The predicted octanol–water partition coefficient (Wildman–Crippen LogP) is 8.82. The first-order valence-electron chi connectivity index (χ1n) is 11.9. The van der Waals surface area contributed by atoms with Gasteiger partial charge in [-0.3, -0.25) is 4.79 Å². The van der Waals surface area contributed by atoms with Gasteiger partial charge in [0.2, 0.25) is 0 Å². The van der Waals surface area contributed by atoms with Crippen LogP contribution in [0.3, 0.4) is 0 Å². The van der Waals surface area contributed by atoms with Crippen molar-refractivity contribution in [3.05, 3.63) is 29.3 Å². The molecular weight excluding hydrogens is 404 g/mol. The summed E-state index contributed by atoms with van der Waals surface area (Å²) in [6, 6.07) is 6.56. The summed E-state index contributed by atoms with van der Waals surface area (Å²) in [5.41, 5.74) is 2.81. The molecule has 0 N–H and O–H groups in total. The fourth-order valence-corrected chi connectivity index (χ4v) is 5.35. The molecule has 0 fully saturated rings. The smallest absolute Gasteiger partial charge is 0.262 e. The first-order valence-corrected chi connectivity index (χ1v) is 12.3. The SMILES string of the molecule is CCCCC(Oc1ccc(C(C)(C)CC(C)(C)C)cc1C(C)(C)CC(C)(C)C)C(=O)Cl. The van der Waals surface area contributed by atoms with Gasteiger partial charge in [0.1, 0.15) is 5.75 Å². The molecule has 0 amide bonds. The fraction of sp³-hybridized carbons (Fsp3) is 0.750. The van der Waals surface area contributed by atoms with E-state index in [-0.39, 0.29) is 21.7 Å². The van der Waals surface area contributed by atoms with Crippen molar-refractivity contribution in [2.24, 2.45) is 10.8 Å². The maximum absolute atomic E-state index is 12.1. The number of unbranched alkanes of at least 4 members (excludes halogenated alkanes) is 1. The summed E-state index contributed by atoms with van der Waals surface area (Å²) in [5, 5.41) is -0.412. The summed E-state index contributed by atoms with van der Waals surface area (Å²) >= 11 is 5.92. The second-order valence-corrected chi connectivity index (χ2v) is 13.4. The van der Waals surface area contributed by atoms with Crippen LogP contribution < -0.4 is 4.74 Å². The van der Waals surface area contributed by atoms with Crippen LogP contribution in [0.25, 0.3) is 0 Å². The van der Waals surface area contributed by atoms with Crippen LogP contribution in [0.2, 0.25) is 0 Å². The average Bonchev–Trinajstić information content (AvgIpc) is 2.53. The third kappa shape index (κ3) is 9.16. The van der Waals surface area contributed by atoms with Crippen molar-refractivity contribution in [2.75, 3.05) is 0 Å². The minimum atomic E-state index is -0.598. The Labute approximate surface area is 197 Å². The zero-order valence-corrected chi connectivity index (χ0v) is 22.8. The molecule has 0 heterocycles. The van der Waals surface area contributed by atoms with Crippen molar-refractivity contribution in [3.63, 3.8) is 0 Å². The molecule has 3 heteroatoms. The maximum atomic E-state index is 12.1. The highest BCUT2D eigenvalue weighted by Gasteiger charge is 2.34. The number of hydrogen-bond acceptors (Lipinski definition) is 2. The quantitative estimate of drug-likeness (QED) is 0.333. The van der Waals surface area contributed by atoms with E-state index in [1.54, 1.807) is 0 Å². The van der Waals surface area contributed by atoms with E-state index in [0.29, 0.717) is 6.42 Å². The van der Waals surface area contributed by atoms with Gasteiger partial charge in [0.25, 0.3) is 5.24 Å². The molecule has 1 aromatic carbocycles. The standard InChI is InChI=1S/C28H47ClO2/c1-12-13-14-23(24(29)30)31-22-16-15-20(27(8,9)18-25(2,3)4)17-21(22)28(10,11)19-26(5,6)7/h15-17,23H,12-14,18-19H2,1-11H3. The van der Waals surface area contributed by atoms with Crippen molar-refractivity contribution in [1.82, 2.24) is 0 Å². The molecule has 1 atom stereocenters. The van der Waals surface area contributed by atoms with E-state index in [0.717, 1.165) is 31.4 Å². The van der Waals surface area contributed by atoms with Crippen molar-refractivity contribution >= 4 is 16.8 Å². The second kappa shape index (κ2) is 10.3. The molecule has 0 spiro atoms. The number of benzene rings is 1. The van der Waals surface area contributed by atoms with Crippen LogP contribution in [0.1, 0.15) is 119 Å².